The van der Waals surface area contributed by atoms with Gasteiger partial charge in [0.05, 0.1) is 11.9 Å². The van der Waals surface area contributed by atoms with Crippen molar-refractivity contribution in [2.75, 3.05) is 10.6 Å². The summed E-state index contributed by atoms with van der Waals surface area (Å²) in [7, 11) is -3.67. The zero-order valence-electron chi connectivity index (χ0n) is 16.6. The number of benzene rings is 2. The molecule has 1 amide bonds. The summed E-state index contributed by atoms with van der Waals surface area (Å²) in [5.74, 6) is -0.345. The summed E-state index contributed by atoms with van der Waals surface area (Å²) in [4.78, 5) is 12.7. The SMILES string of the molecule is Cc1ccc(N([C@@H](C)C(=O)N[C@@H](C)CCc2ccccc2)S(C)(=O)=O)cc1Cl. The van der Waals surface area contributed by atoms with Gasteiger partial charge in [0, 0.05) is 11.1 Å². The first-order valence-electron chi connectivity index (χ1n) is 9.19. The topological polar surface area (TPSA) is 66.5 Å². The average Bonchev–Trinajstić information content (AvgIpc) is 2.62. The minimum Gasteiger partial charge on any atom is -0.352 e. The number of anilines is 1. The number of carbonyl (C=O) groups excluding carboxylic acids is 1. The highest BCUT2D eigenvalue weighted by molar-refractivity contribution is 7.92. The van der Waals surface area contributed by atoms with Crippen LogP contribution in [0, 0.1) is 6.92 Å². The van der Waals surface area contributed by atoms with Gasteiger partial charge in [0.25, 0.3) is 0 Å². The number of aryl methyl sites for hydroxylation is 2. The molecule has 0 heterocycles. The molecule has 5 nitrogen and oxygen atoms in total. The van der Waals surface area contributed by atoms with E-state index in [0.717, 1.165) is 29.0 Å². The predicted molar refractivity (Wildman–Crippen MR) is 115 cm³/mol. The molecule has 2 aromatic rings. The minimum absolute atomic E-state index is 0.0850. The highest BCUT2D eigenvalue weighted by Gasteiger charge is 2.30. The molecular formula is C21H27ClN2O3S. The van der Waals surface area contributed by atoms with Crippen molar-refractivity contribution < 1.29 is 13.2 Å². The maximum atomic E-state index is 12.7. The van der Waals surface area contributed by atoms with Crippen LogP contribution in [0.3, 0.4) is 0 Å². The molecule has 0 saturated carbocycles. The quantitative estimate of drug-likeness (QED) is 0.700. The molecule has 2 rings (SSSR count). The van der Waals surface area contributed by atoms with E-state index in [9.17, 15) is 13.2 Å². The van der Waals surface area contributed by atoms with E-state index in [1.807, 2.05) is 44.2 Å². The van der Waals surface area contributed by atoms with Crippen LogP contribution >= 0.6 is 11.6 Å². The molecule has 2 aromatic carbocycles. The van der Waals surface area contributed by atoms with Crippen LogP contribution in [0.4, 0.5) is 5.69 Å². The van der Waals surface area contributed by atoms with Crippen LogP contribution in [0.25, 0.3) is 0 Å². The van der Waals surface area contributed by atoms with Crippen molar-refractivity contribution >= 4 is 33.2 Å². The van der Waals surface area contributed by atoms with E-state index >= 15 is 0 Å². The maximum absolute atomic E-state index is 12.7. The highest BCUT2D eigenvalue weighted by atomic mass is 35.5. The number of carbonyl (C=O) groups is 1. The third-order valence-electron chi connectivity index (χ3n) is 4.60. The van der Waals surface area contributed by atoms with Gasteiger partial charge in [0.1, 0.15) is 6.04 Å². The fourth-order valence-electron chi connectivity index (χ4n) is 2.99. The van der Waals surface area contributed by atoms with Gasteiger partial charge in [0.15, 0.2) is 0 Å². The minimum atomic E-state index is -3.67. The molecule has 0 aliphatic carbocycles. The number of hydrogen-bond donors (Lipinski definition) is 1. The van der Waals surface area contributed by atoms with Crippen molar-refractivity contribution in [1.82, 2.24) is 5.32 Å². The molecule has 0 saturated heterocycles. The standard InChI is InChI=1S/C21H27ClN2O3S/c1-15-10-13-19(14-20(15)22)24(28(4,26)27)17(3)21(25)23-16(2)11-12-18-8-6-5-7-9-18/h5-10,13-14,16-17H,11-12H2,1-4H3,(H,23,25)/t16-,17-/m0/s1. The van der Waals surface area contributed by atoms with Gasteiger partial charge in [-0.05, 0) is 56.9 Å². The Morgan fingerprint density at radius 2 is 1.79 bits per heavy atom. The van der Waals surface area contributed by atoms with E-state index < -0.39 is 16.1 Å². The molecule has 0 spiro atoms. The summed E-state index contributed by atoms with van der Waals surface area (Å²) in [6.45, 7) is 5.33. The normalized spacial score (nSPS) is 13.6. The first kappa shape index (κ1) is 22.2. The van der Waals surface area contributed by atoms with Crippen LogP contribution in [-0.2, 0) is 21.2 Å². The zero-order chi connectivity index (χ0) is 20.9. The van der Waals surface area contributed by atoms with E-state index in [1.54, 1.807) is 25.1 Å². The Labute approximate surface area is 172 Å². The lowest BCUT2D eigenvalue weighted by molar-refractivity contribution is -0.122. The van der Waals surface area contributed by atoms with Gasteiger partial charge in [-0.2, -0.15) is 0 Å². The molecule has 0 aromatic heterocycles. The largest absolute Gasteiger partial charge is 0.352 e. The second-order valence-electron chi connectivity index (χ2n) is 7.10. The van der Waals surface area contributed by atoms with Gasteiger partial charge >= 0.3 is 0 Å². The number of rotatable bonds is 8. The lowest BCUT2D eigenvalue weighted by atomic mass is 10.1. The predicted octanol–water partition coefficient (Wildman–Crippen LogP) is 3.94. The van der Waals surface area contributed by atoms with Gasteiger partial charge in [-0.15, -0.1) is 0 Å². The van der Waals surface area contributed by atoms with E-state index in [1.165, 1.54) is 5.56 Å². The van der Waals surface area contributed by atoms with Crippen molar-refractivity contribution in [3.63, 3.8) is 0 Å². The Hall–Kier alpha value is -2.05. The molecule has 0 aliphatic rings. The highest BCUT2D eigenvalue weighted by Crippen LogP contribution is 2.26. The molecule has 0 aliphatic heterocycles. The van der Waals surface area contributed by atoms with E-state index in [0.29, 0.717) is 10.7 Å². The molecule has 0 fully saturated rings. The van der Waals surface area contributed by atoms with Crippen LogP contribution in [-0.4, -0.2) is 32.7 Å². The Bertz CT molecular complexity index is 917. The molecule has 0 unspecified atom stereocenters. The van der Waals surface area contributed by atoms with Crippen molar-refractivity contribution in [3.8, 4) is 0 Å². The number of hydrogen-bond acceptors (Lipinski definition) is 3. The van der Waals surface area contributed by atoms with Gasteiger partial charge in [0.2, 0.25) is 15.9 Å². The second-order valence-corrected chi connectivity index (χ2v) is 9.37. The molecule has 0 radical (unpaired) electrons. The van der Waals surface area contributed by atoms with Gasteiger partial charge < -0.3 is 5.32 Å². The summed E-state index contributed by atoms with van der Waals surface area (Å²) in [6.07, 6.45) is 2.68. The van der Waals surface area contributed by atoms with Crippen LogP contribution in [0.2, 0.25) is 5.02 Å². The Balaban J connectivity index is 2.09. The summed E-state index contributed by atoms with van der Waals surface area (Å²) in [6, 6.07) is 14.0. The summed E-state index contributed by atoms with van der Waals surface area (Å²) in [5, 5.41) is 3.37. The lowest BCUT2D eigenvalue weighted by Gasteiger charge is -2.29. The van der Waals surface area contributed by atoms with Crippen molar-refractivity contribution in [1.29, 1.82) is 0 Å². The monoisotopic (exact) mass is 422 g/mol. The summed E-state index contributed by atoms with van der Waals surface area (Å²) < 4.78 is 25.9. The van der Waals surface area contributed by atoms with Crippen LogP contribution in [0.1, 0.15) is 31.4 Å². The Kier molecular flexibility index (Phi) is 7.49. The second kappa shape index (κ2) is 9.43. The van der Waals surface area contributed by atoms with Crippen LogP contribution in [0.5, 0.6) is 0 Å². The Morgan fingerprint density at radius 3 is 2.36 bits per heavy atom. The molecule has 0 bridgehead atoms. The number of amides is 1. The smallest absolute Gasteiger partial charge is 0.243 e. The third kappa shape index (κ3) is 5.97. The molecular weight excluding hydrogens is 396 g/mol. The molecule has 2 atom stereocenters. The molecule has 28 heavy (non-hydrogen) atoms. The van der Waals surface area contributed by atoms with Crippen LogP contribution in [0.15, 0.2) is 48.5 Å². The van der Waals surface area contributed by atoms with E-state index in [4.69, 9.17) is 11.6 Å². The van der Waals surface area contributed by atoms with Crippen molar-refractivity contribution in [2.45, 2.75) is 45.7 Å². The molecule has 1 N–H and O–H groups in total. The van der Waals surface area contributed by atoms with Crippen molar-refractivity contribution in [2.24, 2.45) is 0 Å². The molecule has 152 valence electrons. The van der Waals surface area contributed by atoms with Gasteiger partial charge in [-0.1, -0.05) is 48.0 Å². The van der Waals surface area contributed by atoms with Gasteiger partial charge in [-0.3, -0.25) is 9.10 Å². The zero-order valence-corrected chi connectivity index (χ0v) is 18.2. The first-order valence-corrected chi connectivity index (χ1v) is 11.4. The summed E-state index contributed by atoms with van der Waals surface area (Å²) in [5.41, 5.74) is 2.41. The first-order chi connectivity index (χ1) is 13.1. The van der Waals surface area contributed by atoms with Crippen molar-refractivity contribution in [3.05, 3.63) is 64.7 Å². The number of sulfonamides is 1. The van der Waals surface area contributed by atoms with E-state index in [2.05, 4.69) is 5.32 Å². The summed E-state index contributed by atoms with van der Waals surface area (Å²) >= 11 is 6.15. The Morgan fingerprint density at radius 1 is 1.14 bits per heavy atom. The van der Waals surface area contributed by atoms with E-state index in [-0.39, 0.29) is 11.9 Å². The van der Waals surface area contributed by atoms with Gasteiger partial charge in [-0.25, -0.2) is 8.42 Å². The lowest BCUT2D eigenvalue weighted by Crippen LogP contribution is -2.50. The fourth-order valence-corrected chi connectivity index (χ4v) is 4.33. The maximum Gasteiger partial charge on any atom is 0.243 e. The fraction of sp³-hybridized carbons (Fsp3) is 0.381. The number of halogens is 1. The van der Waals surface area contributed by atoms with Crippen LogP contribution < -0.4 is 9.62 Å². The molecule has 7 heteroatoms. The third-order valence-corrected chi connectivity index (χ3v) is 6.24. The number of nitrogens with one attached hydrogen (secondary N) is 1. The average molecular weight is 423 g/mol. The number of nitrogens with zero attached hydrogens (tertiary/aromatic N) is 1.